The van der Waals surface area contributed by atoms with Crippen LogP contribution in [-0.2, 0) is 20.7 Å². The Morgan fingerprint density at radius 1 is 0.487 bits per heavy atom. The van der Waals surface area contributed by atoms with Crippen molar-refractivity contribution < 1.29 is 19.7 Å². The SMILES string of the molecule is Cc1ccccc1C(O)(c1ccccc1C)C1OC(C)(C)O[C@H]1C(O)(c1ccccc1C)c1ccccc1C. The Labute approximate surface area is 231 Å². The van der Waals surface area contributed by atoms with Gasteiger partial charge in [0.05, 0.1) is 0 Å². The first-order chi connectivity index (χ1) is 18.5. The third kappa shape index (κ3) is 4.52. The lowest BCUT2D eigenvalue weighted by molar-refractivity contribution is -0.172. The van der Waals surface area contributed by atoms with Crippen molar-refractivity contribution in [3.05, 3.63) is 142 Å². The van der Waals surface area contributed by atoms with Gasteiger partial charge in [0.15, 0.2) is 5.79 Å². The van der Waals surface area contributed by atoms with Crippen molar-refractivity contribution in [2.75, 3.05) is 0 Å². The summed E-state index contributed by atoms with van der Waals surface area (Å²) in [6.45, 7) is 11.6. The highest BCUT2D eigenvalue weighted by atomic mass is 16.8. The lowest BCUT2D eigenvalue weighted by Crippen LogP contribution is -2.55. The van der Waals surface area contributed by atoms with Gasteiger partial charge in [-0.05, 0) is 86.1 Å². The van der Waals surface area contributed by atoms with E-state index in [2.05, 4.69) is 0 Å². The lowest BCUT2D eigenvalue weighted by atomic mass is 9.69. The fourth-order valence-electron chi connectivity index (χ4n) is 6.28. The van der Waals surface area contributed by atoms with Crippen LogP contribution in [0.2, 0.25) is 0 Å². The number of hydrogen-bond donors (Lipinski definition) is 2. The number of aliphatic hydroxyl groups is 2. The van der Waals surface area contributed by atoms with Gasteiger partial charge in [-0.15, -0.1) is 0 Å². The van der Waals surface area contributed by atoms with Crippen LogP contribution in [0.1, 0.15) is 58.4 Å². The minimum absolute atomic E-state index is 0.715. The van der Waals surface area contributed by atoms with E-state index < -0.39 is 29.2 Å². The molecular formula is C35H38O4. The highest BCUT2D eigenvalue weighted by molar-refractivity contribution is 5.50. The van der Waals surface area contributed by atoms with Gasteiger partial charge in [0, 0.05) is 0 Å². The molecule has 0 aliphatic carbocycles. The molecule has 202 valence electrons. The summed E-state index contributed by atoms with van der Waals surface area (Å²) >= 11 is 0. The maximum atomic E-state index is 13.1. The van der Waals surface area contributed by atoms with Crippen molar-refractivity contribution in [1.82, 2.24) is 0 Å². The Balaban J connectivity index is 1.85. The van der Waals surface area contributed by atoms with E-state index in [0.717, 1.165) is 22.3 Å². The van der Waals surface area contributed by atoms with E-state index in [-0.39, 0.29) is 0 Å². The number of rotatable bonds is 6. The molecule has 39 heavy (non-hydrogen) atoms. The van der Waals surface area contributed by atoms with Crippen molar-refractivity contribution in [2.24, 2.45) is 0 Å². The zero-order chi connectivity index (χ0) is 28.0. The van der Waals surface area contributed by atoms with Crippen LogP contribution in [-0.4, -0.2) is 28.2 Å². The molecule has 4 heteroatoms. The summed E-state index contributed by atoms with van der Waals surface area (Å²) in [6.07, 6.45) is -1.92. The fraction of sp³-hybridized carbons (Fsp3) is 0.314. The van der Waals surface area contributed by atoms with E-state index in [1.807, 2.05) is 139 Å². The number of hydrogen-bond acceptors (Lipinski definition) is 4. The van der Waals surface area contributed by atoms with E-state index in [1.165, 1.54) is 0 Å². The molecule has 4 nitrogen and oxygen atoms in total. The van der Waals surface area contributed by atoms with Gasteiger partial charge in [0.1, 0.15) is 23.4 Å². The van der Waals surface area contributed by atoms with Crippen LogP contribution in [0.5, 0.6) is 0 Å². The van der Waals surface area contributed by atoms with Gasteiger partial charge in [0.25, 0.3) is 0 Å². The second kappa shape index (κ2) is 10.0. The molecule has 2 N–H and O–H groups in total. The summed E-state index contributed by atoms with van der Waals surface area (Å²) in [6, 6.07) is 31.3. The molecule has 0 aromatic heterocycles. The highest BCUT2D eigenvalue weighted by Gasteiger charge is 2.62. The predicted molar refractivity (Wildman–Crippen MR) is 155 cm³/mol. The molecule has 1 saturated heterocycles. The van der Waals surface area contributed by atoms with E-state index in [4.69, 9.17) is 9.47 Å². The molecule has 5 rings (SSSR count). The first-order valence-corrected chi connectivity index (χ1v) is 13.5. The van der Waals surface area contributed by atoms with Gasteiger partial charge >= 0.3 is 0 Å². The Morgan fingerprint density at radius 2 is 0.718 bits per heavy atom. The third-order valence-corrected chi connectivity index (χ3v) is 8.14. The standard InChI is InChI=1S/C35H38O4/c1-23-15-7-11-19-27(23)34(36,28-20-12-8-16-24(28)2)31-32(39-33(5,6)38-31)35(37,29-21-13-9-17-25(29)3)30-22-14-10-18-26(30)4/h7-22,31-32,36-37H,1-6H3/t31-,32?/m1/s1. The second-order valence-electron chi connectivity index (χ2n) is 11.3. The summed E-state index contributed by atoms with van der Waals surface area (Å²) in [4.78, 5) is 0. The van der Waals surface area contributed by atoms with Gasteiger partial charge in [-0.3, -0.25) is 0 Å². The zero-order valence-corrected chi connectivity index (χ0v) is 23.6. The summed E-state index contributed by atoms with van der Waals surface area (Å²) < 4.78 is 13.4. The van der Waals surface area contributed by atoms with Crippen molar-refractivity contribution >= 4 is 0 Å². The average molecular weight is 523 g/mol. The fourth-order valence-corrected chi connectivity index (χ4v) is 6.28. The molecule has 1 aliphatic heterocycles. The predicted octanol–water partition coefficient (Wildman–Crippen LogP) is 6.61. The molecule has 0 spiro atoms. The largest absolute Gasteiger partial charge is 0.377 e. The first-order valence-electron chi connectivity index (χ1n) is 13.5. The zero-order valence-electron chi connectivity index (χ0n) is 23.6. The van der Waals surface area contributed by atoms with E-state index in [9.17, 15) is 10.2 Å². The normalized spacial score (nSPS) is 19.3. The van der Waals surface area contributed by atoms with E-state index in [0.29, 0.717) is 22.3 Å². The molecule has 0 saturated carbocycles. The topological polar surface area (TPSA) is 58.9 Å². The molecule has 0 amide bonds. The van der Waals surface area contributed by atoms with Gasteiger partial charge in [-0.1, -0.05) is 97.1 Å². The lowest BCUT2D eigenvalue weighted by Gasteiger charge is -2.44. The number of benzene rings is 4. The van der Waals surface area contributed by atoms with Crippen LogP contribution in [0, 0.1) is 27.7 Å². The summed E-state index contributed by atoms with van der Waals surface area (Å²) in [5, 5.41) is 26.2. The van der Waals surface area contributed by atoms with E-state index >= 15 is 0 Å². The summed E-state index contributed by atoms with van der Waals surface area (Å²) in [7, 11) is 0. The summed E-state index contributed by atoms with van der Waals surface area (Å²) in [5.41, 5.74) is 3.29. The van der Waals surface area contributed by atoms with Crippen molar-refractivity contribution in [1.29, 1.82) is 0 Å². The monoisotopic (exact) mass is 522 g/mol. The molecule has 1 unspecified atom stereocenters. The van der Waals surface area contributed by atoms with Gasteiger partial charge in [-0.25, -0.2) is 0 Å². The third-order valence-electron chi connectivity index (χ3n) is 8.14. The van der Waals surface area contributed by atoms with Crippen LogP contribution in [0.25, 0.3) is 0 Å². The van der Waals surface area contributed by atoms with Crippen molar-refractivity contribution in [3.63, 3.8) is 0 Å². The van der Waals surface area contributed by atoms with Crippen LogP contribution in [0.3, 0.4) is 0 Å². The molecular weight excluding hydrogens is 484 g/mol. The Hall–Kier alpha value is -3.28. The molecule has 4 aromatic rings. The minimum atomic E-state index is -1.63. The molecule has 2 atom stereocenters. The molecule has 0 radical (unpaired) electrons. The first kappa shape index (κ1) is 27.3. The smallest absolute Gasteiger partial charge is 0.164 e. The molecule has 4 aromatic carbocycles. The second-order valence-corrected chi connectivity index (χ2v) is 11.3. The van der Waals surface area contributed by atoms with Crippen LogP contribution >= 0.6 is 0 Å². The molecule has 0 bridgehead atoms. The molecule has 1 heterocycles. The maximum absolute atomic E-state index is 13.1. The van der Waals surface area contributed by atoms with E-state index in [1.54, 1.807) is 0 Å². The quantitative estimate of drug-likeness (QED) is 0.299. The van der Waals surface area contributed by atoms with Crippen molar-refractivity contribution in [2.45, 2.75) is 70.7 Å². The number of ether oxygens (including phenoxy) is 2. The highest BCUT2D eigenvalue weighted by Crippen LogP contribution is 2.52. The Morgan fingerprint density at radius 3 is 0.949 bits per heavy atom. The van der Waals surface area contributed by atoms with Crippen LogP contribution in [0.15, 0.2) is 97.1 Å². The summed E-state index contributed by atoms with van der Waals surface area (Å²) in [5.74, 6) is -1.08. The van der Waals surface area contributed by atoms with Crippen molar-refractivity contribution in [3.8, 4) is 0 Å². The Kier molecular flexibility index (Phi) is 7.02. The minimum Gasteiger partial charge on any atom is -0.377 e. The maximum Gasteiger partial charge on any atom is 0.164 e. The van der Waals surface area contributed by atoms with Gasteiger partial charge < -0.3 is 19.7 Å². The van der Waals surface area contributed by atoms with Crippen LogP contribution in [0.4, 0.5) is 0 Å². The van der Waals surface area contributed by atoms with Gasteiger partial charge in [-0.2, -0.15) is 0 Å². The van der Waals surface area contributed by atoms with Crippen LogP contribution < -0.4 is 0 Å². The number of aryl methyl sites for hydroxylation is 4. The molecule has 1 fully saturated rings. The molecule has 1 aliphatic rings. The van der Waals surface area contributed by atoms with Gasteiger partial charge in [0.2, 0.25) is 0 Å². The Bertz CT molecular complexity index is 1290. The average Bonchev–Trinajstić information content (AvgIpc) is 3.25.